The molecule has 5 heteroatoms. The third-order valence-electron chi connectivity index (χ3n) is 7.09. The van der Waals surface area contributed by atoms with Crippen molar-refractivity contribution in [3.63, 3.8) is 0 Å². The zero-order valence-corrected chi connectivity index (χ0v) is 18.1. The number of carbonyl (C=O) groups is 1. The fourth-order valence-electron chi connectivity index (χ4n) is 5.68. The molecule has 0 fully saturated rings. The largest absolute Gasteiger partial charge is 0.369 e. The summed E-state index contributed by atoms with van der Waals surface area (Å²) in [6, 6.07) is 24.8. The van der Waals surface area contributed by atoms with Gasteiger partial charge in [0, 0.05) is 23.4 Å². The van der Waals surface area contributed by atoms with E-state index in [1.165, 1.54) is 6.07 Å². The summed E-state index contributed by atoms with van der Waals surface area (Å²) in [6.45, 7) is 4.03. The number of benzene rings is 3. The molecule has 0 saturated heterocycles. The van der Waals surface area contributed by atoms with Crippen molar-refractivity contribution in [3.8, 4) is 0 Å². The van der Waals surface area contributed by atoms with Crippen LogP contribution < -0.4 is 5.32 Å². The Labute approximate surface area is 186 Å². The molecular formula is C27H24N2O3. The molecule has 1 N–H and O–H groups in total. The Morgan fingerprint density at radius 1 is 0.844 bits per heavy atom. The van der Waals surface area contributed by atoms with Crippen LogP contribution in [0.15, 0.2) is 78.9 Å². The smallest absolute Gasteiger partial charge is 0.269 e. The van der Waals surface area contributed by atoms with Crippen LogP contribution in [0.1, 0.15) is 43.4 Å². The average molecular weight is 425 g/mol. The van der Waals surface area contributed by atoms with E-state index >= 15 is 0 Å². The predicted molar refractivity (Wildman–Crippen MR) is 126 cm³/mol. The van der Waals surface area contributed by atoms with Gasteiger partial charge in [0.05, 0.1) is 10.3 Å². The van der Waals surface area contributed by atoms with Gasteiger partial charge < -0.3 is 5.32 Å². The number of allylic oxidation sites excluding steroid dienone is 1. The van der Waals surface area contributed by atoms with Gasteiger partial charge in [0.25, 0.3) is 5.69 Å². The minimum atomic E-state index is -0.963. The van der Waals surface area contributed by atoms with E-state index in [1.54, 1.807) is 12.1 Å². The Bertz CT molecular complexity index is 1270. The van der Waals surface area contributed by atoms with E-state index in [0.29, 0.717) is 18.4 Å². The Balaban J connectivity index is 1.95. The van der Waals surface area contributed by atoms with Crippen LogP contribution >= 0.6 is 0 Å². The quantitative estimate of drug-likeness (QED) is 0.402. The van der Waals surface area contributed by atoms with Gasteiger partial charge in [-0.1, -0.05) is 74.5 Å². The highest BCUT2D eigenvalue weighted by Gasteiger charge is 2.64. The molecule has 2 atom stereocenters. The van der Waals surface area contributed by atoms with Gasteiger partial charge in [-0.05, 0) is 41.2 Å². The van der Waals surface area contributed by atoms with Gasteiger partial charge in [-0.15, -0.1) is 0 Å². The average Bonchev–Trinajstić information content (AvgIpc) is 2.98. The molecule has 0 saturated carbocycles. The predicted octanol–water partition coefficient (Wildman–Crippen LogP) is 6.01. The Kier molecular flexibility index (Phi) is 4.52. The van der Waals surface area contributed by atoms with Crippen LogP contribution in [0.2, 0.25) is 0 Å². The summed E-state index contributed by atoms with van der Waals surface area (Å²) in [4.78, 5) is 25.6. The summed E-state index contributed by atoms with van der Waals surface area (Å²) < 4.78 is 0. The van der Waals surface area contributed by atoms with Crippen LogP contribution in [0.25, 0.3) is 11.1 Å². The number of anilines is 1. The molecular weight excluding hydrogens is 400 g/mol. The fraction of sp³-hybridized carbons (Fsp3) is 0.222. The molecule has 0 radical (unpaired) electrons. The summed E-state index contributed by atoms with van der Waals surface area (Å²) in [5.41, 5.74) is 3.50. The summed E-state index contributed by atoms with van der Waals surface area (Å²) in [5.74, 6) is 0.0701. The molecule has 1 heterocycles. The molecule has 5 rings (SSSR count). The highest BCUT2D eigenvalue weighted by Crippen LogP contribution is 2.62. The van der Waals surface area contributed by atoms with E-state index in [-0.39, 0.29) is 11.5 Å². The first-order valence-corrected chi connectivity index (χ1v) is 11.0. The number of ketones is 1. The van der Waals surface area contributed by atoms with Crippen LogP contribution in [0.4, 0.5) is 11.4 Å². The summed E-state index contributed by atoms with van der Waals surface area (Å²) >= 11 is 0. The molecule has 2 unspecified atom stereocenters. The van der Waals surface area contributed by atoms with Crippen molar-refractivity contribution < 1.29 is 9.72 Å². The summed E-state index contributed by atoms with van der Waals surface area (Å²) in [5, 5.41) is 15.2. The zero-order chi connectivity index (χ0) is 22.5. The van der Waals surface area contributed by atoms with E-state index < -0.39 is 15.9 Å². The van der Waals surface area contributed by atoms with Crippen LogP contribution in [-0.4, -0.2) is 16.2 Å². The molecule has 32 heavy (non-hydrogen) atoms. The van der Waals surface area contributed by atoms with E-state index in [1.807, 2.05) is 74.5 Å². The monoisotopic (exact) mass is 424 g/mol. The maximum atomic E-state index is 14.4. The van der Waals surface area contributed by atoms with Crippen molar-refractivity contribution in [1.82, 2.24) is 0 Å². The lowest BCUT2D eigenvalue weighted by atomic mass is 9.65. The van der Waals surface area contributed by atoms with Gasteiger partial charge in [-0.3, -0.25) is 14.9 Å². The third kappa shape index (κ3) is 2.48. The molecule has 2 aliphatic rings. The van der Waals surface area contributed by atoms with Gasteiger partial charge in [-0.2, -0.15) is 0 Å². The lowest BCUT2D eigenvalue weighted by molar-refractivity contribution is -0.384. The first-order chi connectivity index (χ1) is 15.5. The normalized spacial score (nSPS) is 23.6. The summed E-state index contributed by atoms with van der Waals surface area (Å²) in [6.07, 6.45) is 1.09. The number of hydrogen-bond donors (Lipinski definition) is 1. The van der Waals surface area contributed by atoms with E-state index in [0.717, 1.165) is 28.0 Å². The fourth-order valence-corrected chi connectivity index (χ4v) is 5.68. The standard InChI is InChI=1S/C27H24N2O3/c1-3-26-21-17-20(29(31)32)15-16-22(21)28-27(4-2,25(26)30)24(19-13-9-6-10-14-19)23(26)18-11-7-5-8-12-18/h5-17,28H,3-4H2,1-2H3. The van der Waals surface area contributed by atoms with Gasteiger partial charge in [0.2, 0.25) is 0 Å². The molecule has 3 aromatic carbocycles. The minimum absolute atomic E-state index is 0.00394. The molecule has 0 aromatic heterocycles. The molecule has 5 nitrogen and oxygen atoms in total. The molecule has 3 aromatic rings. The second-order valence-corrected chi connectivity index (χ2v) is 8.44. The Morgan fingerprint density at radius 2 is 1.44 bits per heavy atom. The van der Waals surface area contributed by atoms with Gasteiger partial charge in [0.1, 0.15) is 5.54 Å². The Hall–Kier alpha value is -3.73. The Morgan fingerprint density at radius 3 is 1.97 bits per heavy atom. The van der Waals surface area contributed by atoms with Crippen molar-refractivity contribution in [1.29, 1.82) is 0 Å². The second kappa shape index (κ2) is 7.16. The number of nitrogens with zero attached hydrogens (tertiary/aromatic N) is 1. The lowest BCUT2D eigenvalue weighted by Gasteiger charge is -2.42. The van der Waals surface area contributed by atoms with Crippen LogP contribution in [0, 0.1) is 10.1 Å². The number of fused-ring (bicyclic) bond motifs is 4. The number of rotatable bonds is 5. The topological polar surface area (TPSA) is 72.2 Å². The number of carbonyl (C=O) groups excluding carboxylic acids is 1. The minimum Gasteiger partial charge on any atom is -0.369 e. The molecule has 0 amide bonds. The number of nitro benzene ring substituents is 1. The number of non-ortho nitro benzene ring substituents is 1. The zero-order valence-electron chi connectivity index (χ0n) is 18.1. The van der Waals surface area contributed by atoms with Gasteiger partial charge in [0.15, 0.2) is 5.78 Å². The first-order valence-electron chi connectivity index (χ1n) is 11.0. The lowest BCUT2D eigenvalue weighted by Crippen LogP contribution is -2.54. The highest BCUT2D eigenvalue weighted by molar-refractivity contribution is 6.30. The summed E-state index contributed by atoms with van der Waals surface area (Å²) in [7, 11) is 0. The van der Waals surface area contributed by atoms with E-state index in [9.17, 15) is 14.9 Å². The van der Waals surface area contributed by atoms with Crippen molar-refractivity contribution >= 4 is 28.3 Å². The van der Waals surface area contributed by atoms with Gasteiger partial charge in [-0.25, -0.2) is 0 Å². The number of hydrogen-bond acceptors (Lipinski definition) is 4. The molecule has 0 spiro atoms. The maximum Gasteiger partial charge on any atom is 0.269 e. The van der Waals surface area contributed by atoms with Crippen molar-refractivity contribution in [3.05, 3.63) is 106 Å². The van der Waals surface area contributed by atoms with Gasteiger partial charge >= 0.3 is 0 Å². The van der Waals surface area contributed by atoms with E-state index in [2.05, 4.69) is 5.32 Å². The highest BCUT2D eigenvalue weighted by atomic mass is 16.6. The van der Waals surface area contributed by atoms with Crippen LogP contribution in [0.5, 0.6) is 0 Å². The number of nitro groups is 1. The number of Topliss-reactive ketones (excluding diaryl/α,β-unsaturated/α-hetero) is 1. The molecule has 1 aliphatic carbocycles. The molecule has 1 aliphatic heterocycles. The number of nitrogens with one attached hydrogen (secondary N) is 1. The third-order valence-corrected chi connectivity index (χ3v) is 7.09. The van der Waals surface area contributed by atoms with Crippen molar-refractivity contribution in [2.75, 3.05) is 5.32 Å². The second-order valence-electron chi connectivity index (χ2n) is 8.44. The van der Waals surface area contributed by atoms with E-state index in [4.69, 9.17) is 0 Å². The molecule has 160 valence electrons. The van der Waals surface area contributed by atoms with Crippen molar-refractivity contribution in [2.45, 2.75) is 37.6 Å². The first kappa shape index (κ1) is 20.2. The SMILES string of the molecule is CCC12Nc3ccc([N+](=O)[O-])cc3C(CC)(C1=O)C(c1ccccc1)=C2c1ccccc1. The van der Waals surface area contributed by atoms with Crippen LogP contribution in [0.3, 0.4) is 0 Å². The molecule has 2 bridgehead atoms. The van der Waals surface area contributed by atoms with Crippen molar-refractivity contribution in [2.24, 2.45) is 0 Å². The maximum absolute atomic E-state index is 14.4. The van der Waals surface area contributed by atoms with Crippen LogP contribution in [-0.2, 0) is 10.2 Å².